The van der Waals surface area contributed by atoms with Crippen LogP contribution in [0.15, 0.2) is 28.9 Å². The molecule has 2 heterocycles. The summed E-state index contributed by atoms with van der Waals surface area (Å²) in [7, 11) is 0. The monoisotopic (exact) mass is 265 g/mol. The van der Waals surface area contributed by atoms with E-state index in [1.165, 1.54) is 12.3 Å². The van der Waals surface area contributed by atoms with Crippen molar-refractivity contribution in [3.05, 3.63) is 30.2 Å². The highest BCUT2D eigenvalue weighted by molar-refractivity contribution is 5.91. The van der Waals surface area contributed by atoms with Crippen LogP contribution < -0.4 is 5.32 Å². The third kappa shape index (κ3) is 3.96. The molecule has 0 aliphatic carbocycles. The lowest BCUT2D eigenvalue weighted by molar-refractivity contribution is -0.149. The fourth-order valence-electron chi connectivity index (χ4n) is 1.85. The van der Waals surface area contributed by atoms with Gasteiger partial charge in [0.05, 0.1) is 12.4 Å². The zero-order valence-electron chi connectivity index (χ0n) is 10.2. The minimum absolute atomic E-state index is 0.234. The summed E-state index contributed by atoms with van der Waals surface area (Å²) in [5.41, 5.74) is 0. The van der Waals surface area contributed by atoms with Gasteiger partial charge in [-0.05, 0) is 31.1 Å². The number of hydrogen-bond donors (Lipinski definition) is 2. The van der Waals surface area contributed by atoms with Gasteiger partial charge in [-0.2, -0.15) is 0 Å². The van der Waals surface area contributed by atoms with Crippen LogP contribution in [0.2, 0.25) is 0 Å². The SMILES string of the molecule is O=C(C=Cc1ccco1)NCC1CCC(C(=O)O)O1. The Labute approximate surface area is 110 Å². The normalized spacial score (nSPS) is 22.7. The van der Waals surface area contributed by atoms with E-state index in [-0.39, 0.29) is 12.0 Å². The molecule has 0 aromatic carbocycles. The van der Waals surface area contributed by atoms with Crippen molar-refractivity contribution in [1.82, 2.24) is 5.32 Å². The van der Waals surface area contributed by atoms with Crippen LogP contribution in [0.5, 0.6) is 0 Å². The second-order valence-corrected chi connectivity index (χ2v) is 4.26. The second-order valence-electron chi connectivity index (χ2n) is 4.26. The summed E-state index contributed by atoms with van der Waals surface area (Å²) in [4.78, 5) is 22.2. The molecule has 102 valence electrons. The Morgan fingerprint density at radius 3 is 2.95 bits per heavy atom. The molecule has 6 nitrogen and oxygen atoms in total. The topological polar surface area (TPSA) is 88.8 Å². The molecule has 2 N–H and O–H groups in total. The van der Waals surface area contributed by atoms with Crippen molar-refractivity contribution in [2.75, 3.05) is 6.54 Å². The zero-order chi connectivity index (χ0) is 13.7. The van der Waals surface area contributed by atoms with Gasteiger partial charge >= 0.3 is 5.97 Å². The summed E-state index contributed by atoms with van der Waals surface area (Å²) >= 11 is 0. The molecule has 1 aliphatic heterocycles. The number of aliphatic carboxylic acids is 1. The third-order valence-corrected chi connectivity index (χ3v) is 2.83. The summed E-state index contributed by atoms with van der Waals surface area (Å²) in [6.45, 7) is 0.311. The van der Waals surface area contributed by atoms with Crippen LogP contribution in [0.4, 0.5) is 0 Å². The third-order valence-electron chi connectivity index (χ3n) is 2.83. The molecule has 0 bridgehead atoms. The molecular formula is C13H15NO5. The van der Waals surface area contributed by atoms with Gasteiger partial charge in [0.2, 0.25) is 5.91 Å². The highest BCUT2D eigenvalue weighted by Gasteiger charge is 2.30. The lowest BCUT2D eigenvalue weighted by atomic mass is 10.2. The van der Waals surface area contributed by atoms with Crippen molar-refractivity contribution >= 4 is 18.0 Å². The predicted molar refractivity (Wildman–Crippen MR) is 66.3 cm³/mol. The summed E-state index contributed by atoms with van der Waals surface area (Å²) < 4.78 is 10.3. The zero-order valence-corrected chi connectivity index (χ0v) is 10.2. The molecule has 19 heavy (non-hydrogen) atoms. The van der Waals surface area contributed by atoms with Gasteiger partial charge < -0.3 is 19.6 Å². The summed E-state index contributed by atoms with van der Waals surface area (Å²) in [5.74, 6) is -0.622. The Morgan fingerprint density at radius 2 is 2.32 bits per heavy atom. The lowest BCUT2D eigenvalue weighted by Crippen LogP contribution is -2.32. The van der Waals surface area contributed by atoms with Gasteiger partial charge in [0.25, 0.3) is 0 Å². The van der Waals surface area contributed by atoms with E-state index in [2.05, 4.69) is 5.32 Å². The molecule has 6 heteroatoms. The number of carbonyl (C=O) groups excluding carboxylic acids is 1. The Balaban J connectivity index is 1.71. The number of furan rings is 1. The maximum Gasteiger partial charge on any atom is 0.332 e. The van der Waals surface area contributed by atoms with E-state index in [9.17, 15) is 9.59 Å². The Morgan fingerprint density at radius 1 is 1.47 bits per heavy atom. The quantitative estimate of drug-likeness (QED) is 0.776. The van der Waals surface area contributed by atoms with E-state index in [0.29, 0.717) is 25.1 Å². The summed E-state index contributed by atoms with van der Waals surface area (Å²) in [5, 5.41) is 11.4. The standard InChI is InChI=1S/C13H15NO5/c15-12(6-4-9-2-1-7-18-9)14-8-10-3-5-11(19-10)13(16)17/h1-2,4,6-7,10-11H,3,5,8H2,(H,14,15)(H,16,17). The summed E-state index contributed by atoms with van der Waals surface area (Å²) in [6, 6.07) is 3.47. The average molecular weight is 265 g/mol. The van der Waals surface area contributed by atoms with Crippen molar-refractivity contribution in [2.45, 2.75) is 25.0 Å². The molecular weight excluding hydrogens is 250 g/mol. The van der Waals surface area contributed by atoms with Crippen molar-refractivity contribution in [2.24, 2.45) is 0 Å². The van der Waals surface area contributed by atoms with E-state index in [4.69, 9.17) is 14.3 Å². The largest absolute Gasteiger partial charge is 0.479 e. The number of hydrogen-bond acceptors (Lipinski definition) is 4. The number of nitrogens with one attached hydrogen (secondary N) is 1. The number of carbonyl (C=O) groups is 2. The summed E-state index contributed by atoms with van der Waals surface area (Å²) in [6.07, 6.45) is 4.59. The van der Waals surface area contributed by atoms with Crippen LogP contribution in [-0.4, -0.2) is 35.7 Å². The number of carboxylic acids is 1. The van der Waals surface area contributed by atoms with Gasteiger partial charge in [0.1, 0.15) is 5.76 Å². The number of ether oxygens (including phenoxy) is 1. The number of rotatable bonds is 5. The Bertz CT molecular complexity index is 465. The Hall–Kier alpha value is -2.08. The fourth-order valence-corrected chi connectivity index (χ4v) is 1.85. The van der Waals surface area contributed by atoms with Crippen molar-refractivity contribution in [1.29, 1.82) is 0 Å². The fraction of sp³-hybridized carbons (Fsp3) is 0.385. The molecule has 1 aliphatic rings. The van der Waals surface area contributed by atoms with Gasteiger partial charge in [-0.3, -0.25) is 4.79 Å². The van der Waals surface area contributed by atoms with Crippen molar-refractivity contribution in [3.63, 3.8) is 0 Å². The van der Waals surface area contributed by atoms with E-state index < -0.39 is 12.1 Å². The van der Waals surface area contributed by atoms with Crippen LogP contribution in [0.25, 0.3) is 6.08 Å². The van der Waals surface area contributed by atoms with E-state index >= 15 is 0 Å². The highest BCUT2D eigenvalue weighted by atomic mass is 16.5. The highest BCUT2D eigenvalue weighted by Crippen LogP contribution is 2.19. The van der Waals surface area contributed by atoms with E-state index in [1.54, 1.807) is 18.2 Å². The molecule has 2 rings (SSSR count). The molecule has 2 unspecified atom stereocenters. The van der Waals surface area contributed by atoms with Crippen LogP contribution in [0, 0.1) is 0 Å². The van der Waals surface area contributed by atoms with E-state index in [0.717, 1.165) is 0 Å². The second kappa shape index (κ2) is 6.19. The van der Waals surface area contributed by atoms with Crippen LogP contribution in [-0.2, 0) is 14.3 Å². The molecule has 1 amide bonds. The molecule has 0 saturated carbocycles. The van der Waals surface area contributed by atoms with Crippen molar-refractivity contribution < 1.29 is 23.8 Å². The van der Waals surface area contributed by atoms with E-state index in [1.807, 2.05) is 0 Å². The minimum Gasteiger partial charge on any atom is -0.479 e. The van der Waals surface area contributed by atoms with Gasteiger partial charge in [0, 0.05) is 12.6 Å². The molecule has 0 spiro atoms. The molecule has 1 saturated heterocycles. The first kappa shape index (κ1) is 13.4. The minimum atomic E-state index is -0.952. The average Bonchev–Trinajstić information content (AvgIpc) is 3.05. The van der Waals surface area contributed by atoms with Gasteiger partial charge in [0.15, 0.2) is 6.10 Å². The molecule has 2 atom stereocenters. The molecule has 1 aromatic heterocycles. The van der Waals surface area contributed by atoms with Crippen molar-refractivity contribution in [3.8, 4) is 0 Å². The van der Waals surface area contributed by atoms with Crippen LogP contribution in [0.3, 0.4) is 0 Å². The van der Waals surface area contributed by atoms with Crippen LogP contribution in [0.1, 0.15) is 18.6 Å². The van der Waals surface area contributed by atoms with Crippen LogP contribution >= 0.6 is 0 Å². The predicted octanol–water partition coefficient (Wildman–Crippen LogP) is 1.04. The number of amides is 1. The molecule has 0 radical (unpaired) electrons. The van der Waals surface area contributed by atoms with Gasteiger partial charge in [-0.1, -0.05) is 0 Å². The first-order valence-electron chi connectivity index (χ1n) is 6.03. The first-order chi connectivity index (χ1) is 9.15. The van der Waals surface area contributed by atoms with Gasteiger partial charge in [-0.25, -0.2) is 4.79 Å². The maximum absolute atomic E-state index is 11.5. The lowest BCUT2D eigenvalue weighted by Gasteiger charge is -2.11. The smallest absolute Gasteiger partial charge is 0.332 e. The molecule has 1 fully saturated rings. The first-order valence-corrected chi connectivity index (χ1v) is 6.03. The molecule has 1 aromatic rings. The maximum atomic E-state index is 11.5. The van der Waals surface area contributed by atoms with Gasteiger partial charge in [-0.15, -0.1) is 0 Å². The number of carboxylic acid groups (broad SMARTS) is 1. The Kier molecular flexibility index (Phi) is 4.35.